The van der Waals surface area contributed by atoms with Crippen LogP contribution in [0.15, 0.2) is 93.7 Å². The molecular weight excluding hydrogens is 460 g/mol. The van der Waals surface area contributed by atoms with Crippen molar-refractivity contribution in [3.05, 3.63) is 92.7 Å². The lowest BCUT2D eigenvalue weighted by Crippen LogP contribution is -2.28. The van der Waals surface area contributed by atoms with Gasteiger partial charge in [-0.2, -0.15) is 5.11 Å². The largest absolute Gasteiger partial charge is 0.289 e. The fourth-order valence-electron chi connectivity index (χ4n) is 3.94. The normalized spacial score (nSPS) is 15.1. The topological polar surface area (TPSA) is 41.8 Å². The molecule has 34 heavy (non-hydrogen) atoms. The zero-order chi connectivity index (χ0) is 24.7. The third-order valence-electron chi connectivity index (χ3n) is 5.79. The number of thiophene rings is 1. The number of halogens is 1. The van der Waals surface area contributed by atoms with Crippen LogP contribution in [-0.4, -0.2) is 5.78 Å². The van der Waals surface area contributed by atoms with Gasteiger partial charge in [0.1, 0.15) is 10.0 Å². The summed E-state index contributed by atoms with van der Waals surface area (Å²) in [6, 6.07) is 17.7. The minimum atomic E-state index is -0.316. The van der Waals surface area contributed by atoms with E-state index in [0.29, 0.717) is 10.0 Å². The molecule has 0 amide bonds. The monoisotopic (exact) mass is 488 g/mol. The first-order chi connectivity index (χ1) is 16.0. The number of azo groups is 1. The van der Waals surface area contributed by atoms with Gasteiger partial charge in [-0.1, -0.05) is 95.6 Å². The first kappa shape index (κ1) is 24.3. The van der Waals surface area contributed by atoms with Crippen LogP contribution in [0.5, 0.6) is 0 Å². The molecule has 1 aliphatic carbocycles. The van der Waals surface area contributed by atoms with Crippen LogP contribution in [0, 0.1) is 10.8 Å². The molecule has 0 radical (unpaired) electrons. The molecule has 0 saturated carbocycles. The number of hydrogen-bond donors (Lipinski definition) is 0. The molecule has 3 aromatic rings. The van der Waals surface area contributed by atoms with Crippen molar-refractivity contribution in [1.29, 1.82) is 0 Å². The molecule has 2 aromatic carbocycles. The average molecular weight is 489 g/mol. The predicted molar refractivity (Wildman–Crippen MR) is 145 cm³/mol. The molecule has 0 fully saturated rings. The zero-order valence-electron chi connectivity index (χ0n) is 20.4. The van der Waals surface area contributed by atoms with E-state index in [1.165, 1.54) is 11.3 Å². The molecule has 0 bridgehead atoms. The van der Waals surface area contributed by atoms with Crippen LogP contribution in [0.2, 0.25) is 4.34 Å². The second-order valence-corrected chi connectivity index (χ2v) is 12.2. The quantitative estimate of drug-likeness (QED) is 0.338. The Morgan fingerprint density at radius 3 is 1.88 bits per heavy atom. The van der Waals surface area contributed by atoms with Gasteiger partial charge in [0.05, 0.1) is 10.6 Å². The summed E-state index contributed by atoms with van der Waals surface area (Å²) in [5.41, 5.74) is 3.27. The van der Waals surface area contributed by atoms with Crippen LogP contribution in [0.25, 0.3) is 16.5 Å². The molecular formula is C29H29ClN2OS. The Balaban J connectivity index is 2.05. The van der Waals surface area contributed by atoms with Crippen LogP contribution in [-0.2, 0) is 4.79 Å². The van der Waals surface area contributed by atoms with Crippen molar-refractivity contribution in [2.45, 2.75) is 41.5 Å². The Morgan fingerprint density at radius 1 is 0.794 bits per heavy atom. The summed E-state index contributed by atoms with van der Waals surface area (Å²) in [6.45, 7) is 12.4. The van der Waals surface area contributed by atoms with Gasteiger partial charge in [0, 0.05) is 27.5 Å². The van der Waals surface area contributed by atoms with Gasteiger partial charge < -0.3 is 0 Å². The summed E-state index contributed by atoms with van der Waals surface area (Å²) in [4.78, 5) is 14.4. The first-order valence-corrected chi connectivity index (χ1v) is 12.5. The van der Waals surface area contributed by atoms with Crippen LogP contribution in [0.4, 0.5) is 5.69 Å². The maximum atomic E-state index is 13.5. The number of carbonyl (C=O) groups excluding carboxylic acids is 1. The molecule has 0 spiro atoms. The van der Waals surface area contributed by atoms with Crippen molar-refractivity contribution in [3.8, 4) is 0 Å². The molecule has 3 nitrogen and oxygen atoms in total. The number of fused-ring (bicyclic) bond motifs is 1. The van der Waals surface area contributed by atoms with E-state index in [2.05, 4.69) is 52.7 Å². The number of ketones is 1. The number of nitrogens with zero attached hydrogens (tertiary/aromatic N) is 2. The molecule has 0 aliphatic heterocycles. The van der Waals surface area contributed by atoms with Crippen molar-refractivity contribution in [1.82, 2.24) is 0 Å². The van der Waals surface area contributed by atoms with Gasteiger partial charge >= 0.3 is 0 Å². The Morgan fingerprint density at radius 2 is 1.32 bits per heavy atom. The van der Waals surface area contributed by atoms with Crippen LogP contribution >= 0.6 is 22.9 Å². The fourth-order valence-corrected chi connectivity index (χ4v) is 5.35. The molecule has 4 rings (SSSR count). The van der Waals surface area contributed by atoms with E-state index >= 15 is 0 Å². The van der Waals surface area contributed by atoms with Gasteiger partial charge in [0.15, 0.2) is 5.78 Å². The highest BCUT2D eigenvalue weighted by Gasteiger charge is 2.35. The zero-order valence-corrected chi connectivity index (χ0v) is 22.0. The molecule has 0 saturated heterocycles. The molecule has 0 unspecified atom stereocenters. The van der Waals surface area contributed by atoms with Crippen molar-refractivity contribution >= 4 is 50.9 Å². The molecule has 1 aromatic heterocycles. The van der Waals surface area contributed by atoms with E-state index in [0.717, 1.165) is 38.1 Å². The number of carbonyl (C=O) groups is 1. The van der Waals surface area contributed by atoms with E-state index in [9.17, 15) is 4.79 Å². The van der Waals surface area contributed by atoms with Crippen LogP contribution < -0.4 is 0 Å². The third-order valence-corrected chi connectivity index (χ3v) is 7.24. The highest BCUT2D eigenvalue weighted by Crippen LogP contribution is 2.45. The van der Waals surface area contributed by atoms with Crippen molar-refractivity contribution < 1.29 is 4.79 Å². The van der Waals surface area contributed by atoms with Gasteiger partial charge in [-0.15, -0.1) is 16.5 Å². The van der Waals surface area contributed by atoms with E-state index in [4.69, 9.17) is 16.7 Å². The Kier molecular flexibility index (Phi) is 6.50. The van der Waals surface area contributed by atoms with Gasteiger partial charge in [-0.25, -0.2) is 0 Å². The minimum absolute atomic E-state index is 0.0946. The highest BCUT2D eigenvalue weighted by atomic mass is 35.5. The van der Waals surface area contributed by atoms with E-state index in [-0.39, 0.29) is 16.6 Å². The summed E-state index contributed by atoms with van der Waals surface area (Å²) in [6.07, 6.45) is 3.97. The lowest BCUT2D eigenvalue weighted by molar-refractivity contribution is -0.114. The number of hydrogen-bond acceptors (Lipinski definition) is 4. The predicted octanol–water partition coefficient (Wildman–Crippen LogP) is 9.58. The number of benzene rings is 2. The highest BCUT2D eigenvalue weighted by molar-refractivity contribution is 7.19. The molecule has 0 N–H and O–H groups in total. The molecule has 1 aliphatic rings. The number of allylic oxidation sites excluding steroid dienone is 5. The minimum Gasteiger partial charge on any atom is -0.289 e. The summed E-state index contributed by atoms with van der Waals surface area (Å²) in [5.74, 6) is 0.0946. The van der Waals surface area contributed by atoms with Crippen LogP contribution in [0.1, 0.15) is 46.4 Å². The summed E-state index contributed by atoms with van der Waals surface area (Å²) < 4.78 is 0.713. The fraction of sp³-hybridized carbons (Fsp3) is 0.276. The Hall–Kier alpha value is -2.82. The lowest BCUT2D eigenvalue weighted by atomic mass is 9.71. The van der Waals surface area contributed by atoms with Gasteiger partial charge in [0.2, 0.25) is 0 Å². The number of rotatable bonds is 3. The third kappa shape index (κ3) is 4.84. The van der Waals surface area contributed by atoms with Gasteiger partial charge in [-0.3, -0.25) is 4.79 Å². The van der Waals surface area contributed by atoms with Gasteiger partial charge in [-0.05, 0) is 35.1 Å². The van der Waals surface area contributed by atoms with E-state index in [1.807, 2.05) is 60.7 Å². The maximum absolute atomic E-state index is 13.5. The van der Waals surface area contributed by atoms with E-state index < -0.39 is 0 Å². The summed E-state index contributed by atoms with van der Waals surface area (Å²) >= 11 is 8.14. The Labute approximate surface area is 210 Å². The lowest BCUT2D eigenvalue weighted by Gasteiger charge is -2.31. The summed E-state index contributed by atoms with van der Waals surface area (Å²) in [7, 11) is 0. The Bertz CT molecular complexity index is 1340. The average Bonchev–Trinajstić information content (AvgIpc) is 3.10. The molecule has 5 heteroatoms. The standard InChI is InChI=1S/C29H29ClN2OS/c1-28(2,3)22-16-18(17-23(25(22)33)29(4,5)6)24(32-31-19-12-8-7-9-13-19)26-20-14-10-11-15-21(20)27(30)34-26/h7-17H,1-6H3. The smallest absolute Gasteiger partial charge is 0.186 e. The molecule has 1 heterocycles. The van der Waals surface area contributed by atoms with Gasteiger partial charge in [0.25, 0.3) is 0 Å². The van der Waals surface area contributed by atoms with E-state index in [1.54, 1.807) is 0 Å². The molecule has 0 atom stereocenters. The number of Topliss-reactive ketones (excluding diaryl/α,β-unsaturated/α-hetero) is 1. The van der Waals surface area contributed by atoms with Crippen molar-refractivity contribution in [2.75, 3.05) is 0 Å². The van der Waals surface area contributed by atoms with Crippen molar-refractivity contribution in [2.24, 2.45) is 21.1 Å². The SMILES string of the molecule is CC(C)(C)C1=CC(=C(N=Nc2ccccc2)c2sc(Cl)c3ccccc23)C=C(C(C)(C)C)C1=O. The summed E-state index contributed by atoms with van der Waals surface area (Å²) in [5, 5.41) is 11.3. The first-order valence-electron chi connectivity index (χ1n) is 11.3. The van der Waals surface area contributed by atoms with Crippen molar-refractivity contribution in [3.63, 3.8) is 0 Å². The molecule has 174 valence electrons. The second-order valence-electron chi connectivity index (χ2n) is 10.5. The second kappa shape index (κ2) is 9.09. The van der Waals surface area contributed by atoms with Crippen LogP contribution in [0.3, 0.4) is 0 Å². The maximum Gasteiger partial charge on any atom is 0.186 e.